The van der Waals surface area contributed by atoms with Crippen molar-refractivity contribution in [2.45, 2.75) is 42.1 Å². The molecule has 2 bridgehead atoms. The summed E-state index contributed by atoms with van der Waals surface area (Å²) in [6, 6.07) is 6.67. The van der Waals surface area contributed by atoms with Gasteiger partial charge in [-0.1, -0.05) is 24.2 Å². The number of benzene rings is 1. The molecular formula is C23H28N4O3S. The van der Waals surface area contributed by atoms with Crippen LogP contribution in [0.2, 0.25) is 0 Å². The zero-order chi connectivity index (χ0) is 21.2. The molecule has 2 aliphatic heterocycles. The first-order valence-corrected chi connectivity index (χ1v) is 11.9. The molecule has 1 aliphatic carbocycles. The number of rotatable bonds is 7. The molecule has 3 heterocycles. The molecule has 31 heavy (non-hydrogen) atoms. The van der Waals surface area contributed by atoms with Crippen LogP contribution in [0.4, 0.5) is 11.5 Å². The van der Waals surface area contributed by atoms with Gasteiger partial charge in [-0.3, -0.25) is 4.90 Å². The zero-order valence-corrected chi connectivity index (χ0v) is 18.3. The quantitative estimate of drug-likeness (QED) is 0.533. The maximum atomic E-state index is 10.7. The highest BCUT2D eigenvalue weighted by Gasteiger charge is 2.39. The van der Waals surface area contributed by atoms with Gasteiger partial charge in [0.15, 0.2) is 5.82 Å². The molecule has 1 aromatic carbocycles. The molecular weight excluding hydrogens is 412 g/mol. The lowest BCUT2D eigenvalue weighted by Gasteiger charge is -2.47. The van der Waals surface area contributed by atoms with E-state index in [-0.39, 0.29) is 6.61 Å². The van der Waals surface area contributed by atoms with Crippen LogP contribution in [0, 0.1) is 17.8 Å². The van der Waals surface area contributed by atoms with E-state index in [4.69, 9.17) is 9.84 Å². The van der Waals surface area contributed by atoms with E-state index in [0.717, 1.165) is 42.6 Å². The smallest absolute Gasteiger partial charge is 0.329 e. The van der Waals surface area contributed by atoms with Gasteiger partial charge in [0.1, 0.15) is 11.6 Å². The third-order valence-electron chi connectivity index (χ3n) is 6.74. The zero-order valence-electron chi connectivity index (χ0n) is 17.5. The Morgan fingerprint density at radius 3 is 2.84 bits per heavy atom. The largest absolute Gasteiger partial charge is 0.480 e. The number of nitrogens with one attached hydrogen (secondary N) is 1. The van der Waals surface area contributed by atoms with E-state index in [1.54, 1.807) is 24.2 Å². The van der Waals surface area contributed by atoms with Crippen molar-refractivity contribution in [3.8, 4) is 0 Å². The SMILES string of the molecule is O=C(O)COCCC1C2CCCC1CN(Cc1ccc3c(c1)Nc1nccnc1S3)C2. The van der Waals surface area contributed by atoms with Crippen molar-refractivity contribution in [3.05, 3.63) is 36.2 Å². The van der Waals surface area contributed by atoms with E-state index in [9.17, 15) is 4.79 Å². The molecule has 8 heteroatoms. The minimum Gasteiger partial charge on any atom is -0.480 e. The van der Waals surface area contributed by atoms with E-state index >= 15 is 0 Å². The van der Waals surface area contributed by atoms with Gasteiger partial charge < -0.3 is 15.2 Å². The number of carbonyl (C=O) groups is 1. The minimum atomic E-state index is -0.886. The van der Waals surface area contributed by atoms with E-state index in [2.05, 4.69) is 38.4 Å². The van der Waals surface area contributed by atoms with Crippen LogP contribution in [-0.2, 0) is 16.1 Å². The maximum Gasteiger partial charge on any atom is 0.329 e. The summed E-state index contributed by atoms with van der Waals surface area (Å²) in [5, 5.41) is 13.1. The average Bonchev–Trinajstić information content (AvgIpc) is 2.75. The number of aliphatic carboxylic acids is 1. The number of hydrogen-bond donors (Lipinski definition) is 2. The first-order valence-electron chi connectivity index (χ1n) is 11.1. The van der Waals surface area contributed by atoms with E-state index in [1.165, 1.54) is 29.7 Å². The number of anilines is 2. The summed E-state index contributed by atoms with van der Waals surface area (Å²) in [6.07, 6.45) is 8.29. The number of carboxylic acids is 1. The molecule has 1 saturated heterocycles. The summed E-state index contributed by atoms with van der Waals surface area (Å²) in [5.74, 6) is 1.99. The number of hydrogen-bond acceptors (Lipinski definition) is 7. The van der Waals surface area contributed by atoms with Gasteiger partial charge >= 0.3 is 5.97 Å². The Labute approximate surface area is 186 Å². The normalized spacial score (nSPS) is 24.7. The summed E-state index contributed by atoms with van der Waals surface area (Å²) in [4.78, 5) is 23.3. The van der Waals surface area contributed by atoms with E-state index in [0.29, 0.717) is 24.4 Å². The van der Waals surface area contributed by atoms with Crippen LogP contribution in [0.3, 0.4) is 0 Å². The second kappa shape index (κ2) is 9.14. The van der Waals surface area contributed by atoms with Crippen LogP contribution in [-0.4, -0.2) is 52.2 Å². The standard InChI is InChI=1S/C23H28N4O3S/c28-21(29)14-30-9-6-18-16-2-1-3-17(18)13-27(12-16)11-15-4-5-20-19(10-15)26-22-23(31-20)25-8-7-24-22/h4-5,7-8,10,16-18H,1-3,6,9,11-14H2,(H,24,26)(H,28,29). The van der Waals surface area contributed by atoms with Gasteiger partial charge in [0, 0.05) is 43.5 Å². The van der Waals surface area contributed by atoms with Crippen molar-refractivity contribution in [1.29, 1.82) is 0 Å². The lowest BCUT2D eigenvalue weighted by Crippen LogP contribution is -2.48. The predicted octanol–water partition coefficient (Wildman–Crippen LogP) is 4.02. The number of piperidine rings is 1. The Hall–Kier alpha value is -2.16. The van der Waals surface area contributed by atoms with Crippen LogP contribution < -0.4 is 5.32 Å². The molecule has 2 atom stereocenters. The fourth-order valence-electron chi connectivity index (χ4n) is 5.46. The Morgan fingerprint density at radius 1 is 1.23 bits per heavy atom. The third kappa shape index (κ3) is 4.71. The third-order valence-corrected chi connectivity index (χ3v) is 7.81. The molecule has 0 spiro atoms. The predicted molar refractivity (Wildman–Crippen MR) is 119 cm³/mol. The molecule has 7 nitrogen and oxygen atoms in total. The first-order chi connectivity index (χ1) is 15.2. The summed E-state index contributed by atoms with van der Waals surface area (Å²) in [7, 11) is 0. The highest BCUT2D eigenvalue weighted by atomic mass is 32.2. The second-order valence-corrected chi connectivity index (χ2v) is 9.84. The molecule has 5 rings (SSSR count). The second-order valence-electron chi connectivity index (χ2n) is 8.81. The Morgan fingerprint density at radius 2 is 2.03 bits per heavy atom. The van der Waals surface area contributed by atoms with Crippen molar-refractivity contribution >= 4 is 29.2 Å². The minimum absolute atomic E-state index is 0.186. The van der Waals surface area contributed by atoms with Gasteiger partial charge in [-0.2, -0.15) is 0 Å². The Kier molecular flexibility index (Phi) is 6.11. The van der Waals surface area contributed by atoms with Crippen LogP contribution >= 0.6 is 11.8 Å². The summed E-state index contributed by atoms with van der Waals surface area (Å²) in [6.45, 7) is 3.57. The van der Waals surface area contributed by atoms with Gasteiger partial charge in [-0.25, -0.2) is 14.8 Å². The molecule has 1 aromatic heterocycles. The number of fused-ring (bicyclic) bond motifs is 4. The van der Waals surface area contributed by atoms with Crippen LogP contribution in [0.25, 0.3) is 0 Å². The fraction of sp³-hybridized carbons (Fsp3) is 0.522. The lowest BCUT2D eigenvalue weighted by molar-refractivity contribution is -0.142. The first kappa shape index (κ1) is 20.7. The van der Waals surface area contributed by atoms with Crippen LogP contribution in [0.1, 0.15) is 31.2 Å². The molecule has 2 fully saturated rings. The molecule has 2 aromatic rings. The van der Waals surface area contributed by atoms with E-state index in [1.807, 2.05) is 0 Å². The topological polar surface area (TPSA) is 87.6 Å². The van der Waals surface area contributed by atoms with Gasteiger partial charge in [0.2, 0.25) is 0 Å². The molecule has 2 unspecified atom stereocenters. The summed E-state index contributed by atoms with van der Waals surface area (Å²) >= 11 is 1.66. The number of nitrogens with zero attached hydrogens (tertiary/aromatic N) is 3. The van der Waals surface area contributed by atoms with Gasteiger partial charge in [-0.05, 0) is 54.7 Å². The number of ether oxygens (including phenoxy) is 1. The molecule has 3 aliphatic rings. The molecule has 164 valence electrons. The molecule has 0 amide bonds. The molecule has 2 N–H and O–H groups in total. The highest BCUT2D eigenvalue weighted by molar-refractivity contribution is 7.99. The molecule has 1 saturated carbocycles. The number of carboxylic acid groups (broad SMARTS) is 1. The van der Waals surface area contributed by atoms with Gasteiger partial charge in [0.25, 0.3) is 0 Å². The van der Waals surface area contributed by atoms with Gasteiger partial charge in [0.05, 0.1) is 5.69 Å². The summed E-state index contributed by atoms with van der Waals surface area (Å²) < 4.78 is 5.33. The van der Waals surface area contributed by atoms with Crippen molar-refractivity contribution < 1.29 is 14.6 Å². The molecule has 0 radical (unpaired) electrons. The fourth-order valence-corrected chi connectivity index (χ4v) is 6.34. The van der Waals surface area contributed by atoms with Crippen molar-refractivity contribution in [2.75, 3.05) is 31.6 Å². The number of aromatic nitrogens is 2. The van der Waals surface area contributed by atoms with Crippen LogP contribution in [0.5, 0.6) is 0 Å². The Bertz CT molecular complexity index is 942. The van der Waals surface area contributed by atoms with Crippen molar-refractivity contribution in [2.24, 2.45) is 17.8 Å². The highest BCUT2D eigenvalue weighted by Crippen LogP contribution is 2.44. The summed E-state index contributed by atoms with van der Waals surface area (Å²) in [5.41, 5.74) is 2.43. The van der Waals surface area contributed by atoms with Crippen molar-refractivity contribution in [1.82, 2.24) is 14.9 Å². The monoisotopic (exact) mass is 440 g/mol. The average molecular weight is 441 g/mol. The van der Waals surface area contributed by atoms with Crippen LogP contribution in [0.15, 0.2) is 40.5 Å². The maximum absolute atomic E-state index is 10.7. The van der Waals surface area contributed by atoms with Gasteiger partial charge in [-0.15, -0.1) is 0 Å². The lowest BCUT2D eigenvalue weighted by atomic mass is 9.67. The number of likely N-dealkylation sites (tertiary alicyclic amines) is 1. The van der Waals surface area contributed by atoms with Crippen molar-refractivity contribution in [3.63, 3.8) is 0 Å². The van der Waals surface area contributed by atoms with E-state index < -0.39 is 5.97 Å². The Balaban J connectivity index is 1.21.